The normalized spacial score (nSPS) is 14.2. The number of alkyl halides is 5. The van der Waals surface area contributed by atoms with Crippen molar-refractivity contribution in [1.29, 1.82) is 5.26 Å². The monoisotopic (exact) mass is 499 g/mol. The van der Waals surface area contributed by atoms with Crippen LogP contribution in [0.3, 0.4) is 0 Å². The minimum atomic E-state index is -4.80. The summed E-state index contributed by atoms with van der Waals surface area (Å²) in [5.41, 5.74) is -1.04. The summed E-state index contributed by atoms with van der Waals surface area (Å²) in [4.78, 5) is 33.0. The van der Waals surface area contributed by atoms with E-state index < -0.39 is 48.4 Å². The first kappa shape index (κ1) is 25.8. The van der Waals surface area contributed by atoms with Gasteiger partial charge in [0.1, 0.15) is 34.7 Å². The second kappa shape index (κ2) is 10.6. The van der Waals surface area contributed by atoms with Crippen molar-refractivity contribution in [2.24, 2.45) is 0 Å². The van der Waals surface area contributed by atoms with Crippen LogP contribution in [0.4, 0.5) is 38.4 Å². The fraction of sp³-hybridized carbons (Fsp3) is 0.381. The van der Waals surface area contributed by atoms with Gasteiger partial charge in [-0.25, -0.2) is 23.5 Å². The van der Waals surface area contributed by atoms with Crippen LogP contribution in [0.15, 0.2) is 18.3 Å². The van der Waals surface area contributed by atoms with Crippen LogP contribution in [0.25, 0.3) is 0 Å². The van der Waals surface area contributed by atoms with E-state index in [2.05, 4.69) is 20.0 Å². The number of amides is 2. The average Bonchev–Trinajstić information content (AvgIpc) is 2.82. The molecule has 0 radical (unpaired) electrons. The summed E-state index contributed by atoms with van der Waals surface area (Å²) >= 11 is 0. The van der Waals surface area contributed by atoms with Gasteiger partial charge < -0.3 is 9.47 Å². The predicted octanol–water partition coefficient (Wildman–Crippen LogP) is 4.04. The fourth-order valence-corrected chi connectivity index (χ4v) is 3.36. The van der Waals surface area contributed by atoms with Gasteiger partial charge in [-0.3, -0.25) is 15.0 Å². The van der Waals surface area contributed by atoms with Crippen molar-refractivity contribution in [1.82, 2.24) is 9.97 Å². The van der Waals surface area contributed by atoms with E-state index >= 15 is 0 Å². The molecule has 14 heteroatoms. The molecule has 0 saturated heterocycles. The Balaban J connectivity index is 1.88. The number of rotatable bonds is 7. The van der Waals surface area contributed by atoms with E-state index in [4.69, 9.17) is 4.74 Å². The van der Waals surface area contributed by atoms with Crippen LogP contribution in [0.2, 0.25) is 0 Å². The summed E-state index contributed by atoms with van der Waals surface area (Å²) in [6.45, 7) is -0.712. The number of aromatic nitrogens is 2. The second-order valence-electron chi connectivity index (χ2n) is 7.33. The van der Waals surface area contributed by atoms with Crippen molar-refractivity contribution in [3.63, 3.8) is 0 Å². The number of nitrogens with one attached hydrogen (secondary N) is 1. The van der Waals surface area contributed by atoms with Crippen LogP contribution in [0.1, 0.15) is 40.0 Å². The van der Waals surface area contributed by atoms with E-state index in [1.807, 2.05) is 0 Å². The Bertz CT molecular complexity index is 1150. The van der Waals surface area contributed by atoms with E-state index in [0.717, 1.165) is 30.3 Å². The molecule has 1 atom stereocenters. The summed E-state index contributed by atoms with van der Waals surface area (Å²) < 4.78 is 75.5. The molecule has 0 aromatic carbocycles. The molecule has 0 fully saturated rings. The lowest BCUT2D eigenvalue weighted by molar-refractivity contribution is -0.206. The maximum absolute atomic E-state index is 13.2. The topological polar surface area (TPSA) is 117 Å². The molecular formula is C21H18F5N5O4. The van der Waals surface area contributed by atoms with E-state index in [9.17, 15) is 36.8 Å². The third-order valence-electron chi connectivity index (χ3n) is 4.99. The maximum atomic E-state index is 13.2. The number of hydrogen-bond donors (Lipinski definition) is 1. The molecule has 0 unspecified atom stereocenters. The number of urea groups is 1. The first-order chi connectivity index (χ1) is 16.6. The molecule has 0 spiro atoms. The minimum Gasteiger partial charge on any atom is -0.477 e. The zero-order valence-corrected chi connectivity index (χ0v) is 18.1. The quantitative estimate of drug-likeness (QED) is 0.451. The molecule has 3 rings (SSSR count). The van der Waals surface area contributed by atoms with Crippen LogP contribution in [0, 0.1) is 11.3 Å². The van der Waals surface area contributed by atoms with Gasteiger partial charge >= 0.3 is 12.2 Å². The molecule has 1 aliphatic rings. The van der Waals surface area contributed by atoms with Gasteiger partial charge in [0.05, 0.1) is 12.8 Å². The number of aryl methyl sites for hydroxylation is 1. The molecule has 0 aliphatic carbocycles. The summed E-state index contributed by atoms with van der Waals surface area (Å²) in [5, 5.41) is 11.6. The highest BCUT2D eigenvalue weighted by Gasteiger charge is 2.42. The number of nitriles is 1. The van der Waals surface area contributed by atoms with Gasteiger partial charge in [-0.15, -0.1) is 0 Å². The summed E-state index contributed by atoms with van der Waals surface area (Å²) in [5.74, 6) is -0.726. The highest BCUT2D eigenvalue weighted by molar-refractivity contribution is 6.01. The van der Waals surface area contributed by atoms with Gasteiger partial charge in [0.25, 0.3) is 6.43 Å². The Kier molecular flexibility index (Phi) is 7.80. The van der Waals surface area contributed by atoms with Gasteiger partial charge in [-0.1, -0.05) is 0 Å². The number of halogens is 5. The summed E-state index contributed by atoms with van der Waals surface area (Å²) in [6, 6.07) is 2.89. The molecule has 9 nitrogen and oxygen atoms in total. The lowest BCUT2D eigenvalue weighted by atomic mass is 10.0. The van der Waals surface area contributed by atoms with Crippen LogP contribution < -0.4 is 15.0 Å². The number of aldehydes is 1. The fourth-order valence-electron chi connectivity index (χ4n) is 3.36. The third kappa shape index (κ3) is 5.80. The average molecular weight is 499 g/mol. The number of anilines is 2. The first-order valence-electron chi connectivity index (χ1n) is 10.1. The predicted molar refractivity (Wildman–Crippen MR) is 111 cm³/mol. The number of pyridine rings is 2. The zero-order valence-electron chi connectivity index (χ0n) is 18.1. The van der Waals surface area contributed by atoms with Crippen molar-refractivity contribution >= 4 is 24.0 Å². The van der Waals surface area contributed by atoms with Crippen molar-refractivity contribution in [3.8, 4) is 11.8 Å². The van der Waals surface area contributed by atoms with Crippen molar-refractivity contribution in [2.75, 3.05) is 30.5 Å². The molecule has 186 valence electrons. The molecule has 2 aromatic heterocycles. The van der Waals surface area contributed by atoms with Gasteiger partial charge in [-0.05, 0) is 24.5 Å². The number of carbonyl (C=O) groups is 2. The Labute approximate surface area is 195 Å². The smallest absolute Gasteiger partial charge is 0.427 e. The van der Waals surface area contributed by atoms with Crippen molar-refractivity contribution in [3.05, 3.63) is 40.7 Å². The molecule has 1 N–H and O–H groups in total. The van der Waals surface area contributed by atoms with Crippen LogP contribution in [0.5, 0.6) is 5.75 Å². The molecular weight excluding hydrogens is 481 g/mol. The molecule has 2 aromatic rings. The summed E-state index contributed by atoms with van der Waals surface area (Å²) in [7, 11) is 1.05. The Morgan fingerprint density at radius 1 is 1.37 bits per heavy atom. The largest absolute Gasteiger partial charge is 0.477 e. The van der Waals surface area contributed by atoms with E-state index in [1.165, 1.54) is 0 Å². The number of carbonyl (C=O) groups excluding carboxylic acids is 2. The lowest BCUT2D eigenvalue weighted by Gasteiger charge is -2.29. The van der Waals surface area contributed by atoms with Gasteiger partial charge in [0.2, 0.25) is 6.10 Å². The van der Waals surface area contributed by atoms with Gasteiger partial charge in [0, 0.05) is 25.3 Å². The first-order valence-corrected chi connectivity index (χ1v) is 10.1. The molecule has 3 heterocycles. The van der Waals surface area contributed by atoms with E-state index in [0.29, 0.717) is 18.4 Å². The second-order valence-corrected chi connectivity index (χ2v) is 7.33. The zero-order chi connectivity index (χ0) is 25.8. The Hall–Kier alpha value is -3.86. The maximum Gasteiger partial charge on any atom is 0.427 e. The highest BCUT2D eigenvalue weighted by Crippen LogP contribution is 2.32. The lowest BCUT2D eigenvalue weighted by Crippen LogP contribution is -2.40. The number of hydrogen-bond acceptors (Lipinski definition) is 7. The molecule has 1 aliphatic heterocycles. The number of methoxy groups -OCH3 is 1. The Morgan fingerprint density at radius 3 is 2.71 bits per heavy atom. The van der Waals surface area contributed by atoms with Crippen LogP contribution >= 0.6 is 0 Å². The molecule has 0 bridgehead atoms. The standard InChI is InChI=1S/C21H18F5N5O4/c1-34-10-16(21(24,25)26)35-15-6-17(28-8-12(15)7-27)30-20(33)31-4-2-3-11-5-13(18(22)23)14(9-32)29-19(11)31/h5-6,8-9,16,18H,2-4,10H2,1H3,(H,28,30,33)/t16-/m0/s1. The number of fused-ring (bicyclic) bond motifs is 1. The van der Waals surface area contributed by atoms with E-state index in [-0.39, 0.29) is 30.0 Å². The van der Waals surface area contributed by atoms with Crippen molar-refractivity contribution < 1.29 is 41.0 Å². The van der Waals surface area contributed by atoms with Gasteiger partial charge in [0.15, 0.2) is 6.29 Å². The molecule has 0 saturated carbocycles. The third-order valence-corrected chi connectivity index (χ3v) is 4.99. The number of ether oxygens (including phenoxy) is 2. The molecule has 2 amide bonds. The molecule has 35 heavy (non-hydrogen) atoms. The van der Waals surface area contributed by atoms with Gasteiger partial charge in [-0.2, -0.15) is 18.4 Å². The van der Waals surface area contributed by atoms with Crippen LogP contribution in [-0.4, -0.2) is 54.8 Å². The van der Waals surface area contributed by atoms with E-state index in [1.54, 1.807) is 6.07 Å². The Morgan fingerprint density at radius 2 is 2.11 bits per heavy atom. The van der Waals surface area contributed by atoms with Crippen LogP contribution in [-0.2, 0) is 11.2 Å². The minimum absolute atomic E-state index is 0.00241. The number of nitrogens with zero attached hydrogens (tertiary/aromatic N) is 4. The highest BCUT2D eigenvalue weighted by atomic mass is 19.4. The SMILES string of the molecule is COC[C@H](Oc1cc(NC(=O)N2CCCc3cc(C(F)F)c(C=O)nc32)ncc1C#N)C(F)(F)F. The van der Waals surface area contributed by atoms with Crippen molar-refractivity contribution in [2.45, 2.75) is 31.5 Å². The summed E-state index contributed by atoms with van der Waals surface area (Å²) in [6.07, 6.45) is -8.28.